The van der Waals surface area contributed by atoms with Crippen LogP contribution in [0.3, 0.4) is 0 Å². The first-order valence-corrected chi connectivity index (χ1v) is 8.21. The van der Waals surface area contributed by atoms with E-state index in [2.05, 4.69) is 44.1 Å². The van der Waals surface area contributed by atoms with Gasteiger partial charge in [-0.2, -0.15) is 4.98 Å². The summed E-state index contributed by atoms with van der Waals surface area (Å²) in [7, 11) is 0. The summed E-state index contributed by atoms with van der Waals surface area (Å²) >= 11 is 1.38. The highest BCUT2D eigenvalue weighted by molar-refractivity contribution is 7.99. The Bertz CT molecular complexity index is 676. The second kappa shape index (κ2) is 6.07. The number of aryl methyl sites for hydroxylation is 1. The monoisotopic (exact) mass is 322 g/mol. The zero-order chi connectivity index (χ0) is 15.7. The van der Waals surface area contributed by atoms with Crippen molar-refractivity contribution in [2.24, 2.45) is 0 Å². The maximum absolute atomic E-state index is 11.9. The number of anilines is 1. The van der Waals surface area contributed by atoms with E-state index in [4.69, 9.17) is 4.52 Å². The summed E-state index contributed by atoms with van der Waals surface area (Å²) in [6.45, 7) is 5.89. The number of rotatable bonds is 6. The van der Waals surface area contributed by atoms with Gasteiger partial charge in [0, 0.05) is 12.0 Å². The minimum Gasteiger partial charge on any atom is -0.315 e. The lowest BCUT2D eigenvalue weighted by Gasteiger charge is -2.10. The first-order valence-electron chi connectivity index (χ1n) is 7.22. The Labute approximate surface area is 132 Å². The van der Waals surface area contributed by atoms with E-state index >= 15 is 0 Å². The molecule has 2 heterocycles. The Morgan fingerprint density at radius 2 is 2.23 bits per heavy atom. The molecule has 1 N–H and O–H groups in total. The predicted molar refractivity (Wildman–Crippen MR) is 80.8 cm³/mol. The molecular weight excluding hydrogens is 304 g/mol. The average Bonchev–Trinajstić information content (AvgIpc) is 3.08. The Hall–Kier alpha value is -1.90. The molecule has 1 saturated carbocycles. The van der Waals surface area contributed by atoms with Crippen molar-refractivity contribution in [2.75, 3.05) is 11.1 Å². The van der Waals surface area contributed by atoms with Crippen LogP contribution in [0.5, 0.6) is 0 Å². The van der Waals surface area contributed by atoms with Crippen LogP contribution in [0.15, 0.2) is 9.68 Å². The molecule has 0 spiro atoms. The largest absolute Gasteiger partial charge is 0.328 e. The van der Waals surface area contributed by atoms with Crippen molar-refractivity contribution in [3.63, 3.8) is 0 Å². The smallest absolute Gasteiger partial charge is 0.315 e. The lowest BCUT2D eigenvalue weighted by atomic mass is 10.2. The van der Waals surface area contributed by atoms with Crippen molar-refractivity contribution in [1.29, 1.82) is 0 Å². The number of hydrogen-bond acceptors (Lipinski definition) is 7. The second-order valence-electron chi connectivity index (χ2n) is 5.58. The Morgan fingerprint density at radius 3 is 2.82 bits per heavy atom. The normalized spacial score (nSPS) is 14.5. The Kier molecular flexibility index (Phi) is 4.14. The second-order valence-corrected chi connectivity index (χ2v) is 6.52. The molecule has 0 aliphatic heterocycles. The number of carbonyl (C=O) groups excluding carboxylic acids is 1. The molecule has 1 aliphatic carbocycles. The molecule has 0 saturated heterocycles. The van der Waals surface area contributed by atoms with Crippen LogP contribution in [0, 0.1) is 6.92 Å². The lowest BCUT2D eigenvalue weighted by molar-refractivity contribution is -0.114. The third-order valence-electron chi connectivity index (χ3n) is 3.23. The minimum atomic E-state index is -0.204. The van der Waals surface area contributed by atoms with Gasteiger partial charge in [-0.05, 0) is 19.8 Å². The molecule has 3 rings (SSSR count). The van der Waals surface area contributed by atoms with Crippen LogP contribution in [-0.4, -0.2) is 36.6 Å². The van der Waals surface area contributed by atoms with Gasteiger partial charge in [0.25, 0.3) is 0 Å². The number of amides is 1. The van der Waals surface area contributed by atoms with Gasteiger partial charge in [0.15, 0.2) is 11.0 Å². The summed E-state index contributed by atoms with van der Waals surface area (Å²) in [5.41, 5.74) is 0. The number of thioether (sulfide) groups is 1. The summed E-state index contributed by atoms with van der Waals surface area (Å²) < 4.78 is 7.03. The summed E-state index contributed by atoms with van der Waals surface area (Å²) in [4.78, 5) is 15.9. The van der Waals surface area contributed by atoms with E-state index < -0.39 is 0 Å². The van der Waals surface area contributed by atoms with Gasteiger partial charge in [-0.3, -0.25) is 10.1 Å². The van der Waals surface area contributed by atoms with Crippen molar-refractivity contribution in [3.05, 3.63) is 11.6 Å². The molecule has 1 aliphatic rings. The number of nitrogens with zero attached hydrogens (tertiary/aromatic N) is 5. The Balaban J connectivity index is 1.62. The van der Waals surface area contributed by atoms with Crippen LogP contribution in [0.25, 0.3) is 0 Å². The first-order chi connectivity index (χ1) is 10.5. The molecule has 22 heavy (non-hydrogen) atoms. The van der Waals surface area contributed by atoms with Crippen LogP contribution >= 0.6 is 11.8 Å². The van der Waals surface area contributed by atoms with Crippen LogP contribution in [-0.2, 0) is 4.79 Å². The van der Waals surface area contributed by atoms with Gasteiger partial charge in [-0.1, -0.05) is 30.8 Å². The standard InChI is InChI=1S/C13H18N6O2S/c1-7(2)11-16-17-13(19(11)9-4-5-9)22-6-10(20)15-12-14-8(3)18-21-12/h7,9H,4-6H2,1-3H3,(H,14,15,18,20). The predicted octanol–water partition coefficient (Wildman–Crippen LogP) is 2.16. The van der Waals surface area contributed by atoms with Crippen molar-refractivity contribution >= 4 is 23.7 Å². The van der Waals surface area contributed by atoms with Gasteiger partial charge < -0.3 is 9.09 Å². The summed E-state index contributed by atoms with van der Waals surface area (Å²) in [6, 6.07) is 0.603. The number of nitrogens with one attached hydrogen (secondary N) is 1. The molecule has 0 bridgehead atoms. The summed E-state index contributed by atoms with van der Waals surface area (Å²) in [5.74, 6) is 1.81. The molecule has 0 aromatic carbocycles. The van der Waals surface area contributed by atoms with Crippen LogP contribution in [0.4, 0.5) is 6.01 Å². The highest BCUT2D eigenvalue weighted by Crippen LogP contribution is 2.40. The SMILES string of the molecule is Cc1noc(NC(=O)CSc2nnc(C(C)C)n2C2CC2)n1. The van der Waals surface area contributed by atoms with Crippen molar-refractivity contribution in [2.45, 2.75) is 50.7 Å². The molecule has 2 aromatic heterocycles. The fraction of sp³-hybridized carbons (Fsp3) is 0.615. The third kappa shape index (κ3) is 3.29. The van der Waals surface area contributed by atoms with Gasteiger partial charge in [0.2, 0.25) is 5.91 Å². The minimum absolute atomic E-state index is 0.120. The highest BCUT2D eigenvalue weighted by Gasteiger charge is 2.30. The maximum Gasteiger partial charge on any atom is 0.328 e. The summed E-state index contributed by atoms with van der Waals surface area (Å²) in [6.07, 6.45) is 2.30. The van der Waals surface area contributed by atoms with Crippen molar-refractivity contribution < 1.29 is 9.32 Å². The van der Waals surface area contributed by atoms with E-state index in [0.29, 0.717) is 17.8 Å². The van der Waals surface area contributed by atoms with E-state index in [1.165, 1.54) is 11.8 Å². The fourth-order valence-corrected chi connectivity index (χ4v) is 2.90. The maximum atomic E-state index is 11.9. The van der Waals surface area contributed by atoms with Crippen molar-refractivity contribution in [1.82, 2.24) is 24.9 Å². The molecule has 0 unspecified atom stereocenters. The topological polar surface area (TPSA) is 98.7 Å². The number of carbonyl (C=O) groups is 1. The number of hydrogen-bond donors (Lipinski definition) is 1. The zero-order valence-corrected chi connectivity index (χ0v) is 13.6. The Morgan fingerprint density at radius 1 is 1.45 bits per heavy atom. The molecular formula is C13H18N6O2S. The molecule has 2 aromatic rings. The van der Waals surface area contributed by atoms with E-state index in [1.54, 1.807) is 6.92 Å². The molecule has 1 amide bonds. The van der Waals surface area contributed by atoms with Crippen LogP contribution in [0.2, 0.25) is 0 Å². The van der Waals surface area contributed by atoms with Gasteiger partial charge >= 0.3 is 6.01 Å². The third-order valence-corrected chi connectivity index (χ3v) is 4.17. The zero-order valence-electron chi connectivity index (χ0n) is 12.7. The summed E-state index contributed by atoms with van der Waals surface area (Å²) in [5, 5.41) is 15.5. The van der Waals surface area contributed by atoms with Crippen LogP contribution in [0.1, 0.15) is 50.3 Å². The molecule has 8 nitrogen and oxygen atoms in total. The van der Waals surface area contributed by atoms with E-state index in [-0.39, 0.29) is 17.7 Å². The highest BCUT2D eigenvalue weighted by atomic mass is 32.2. The van der Waals surface area contributed by atoms with Crippen molar-refractivity contribution in [3.8, 4) is 0 Å². The number of aromatic nitrogens is 5. The average molecular weight is 322 g/mol. The molecule has 0 atom stereocenters. The molecule has 0 radical (unpaired) electrons. The van der Waals surface area contributed by atoms with Gasteiger partial charge in [-0.15, -0.1) is 10.2 Å². The quantitative estimate of drug-likeness (QED) is 0.813. The molecule has 118 valence electrons. The first kappa shape index (κ1) is 15.0. The lowest BCUT2D eigenvalue weighted by Crippen LogP contribution is -2.15. The van der Waals surface area contributed by atoms with Gasteiger partial charge in [-0.25, -0.2) is 0 Å². The molecule has 9 heteroatoms. The van der Waals surface area contributed by atoms with E-state index in [1.807, 2.05) is 0 Å². The van der Waals surface area contributed by atoms with Crippen LogP contribution < -0.4 is 5.32 Å². The van der Waals surface area contributed by atoms with Gasteiger partial charge in [0.05, 0.1) is 5.75 Å². The molecule has 1 fully saturated rings. The fourth-order valence-electron chi connectivity index (χ4n) is 2.09. The van der Waals surface area contributed by atoms with Gasteiger partial charge in [0.1, 0.15) is 5.82 Å². The van der Waals surface area contributed by atoms with E-state index in [9.17, 15) is 4.79 Å². The van der Waals surface area contributed by atoms with E-state index in [0.717, 1.165) is 23.8 Å².